The molecule has 0 saturated heterocycles. The van der Waals surface area contributed by atoms with Crippen LogP contribution in [0.4, 0.5) is 18.9 Å². The molecule has 0 bridgehead atoms. The highest BCUT2D eigenvalue weighted by Gasteiger charge is 2.35. The lowest BCUT2D eigenvalue weighted by atomic mass is 10.1. The highest BCUT2D eigenvalue weighted by Crippen LogP contribution is 2.35. The van der Waals surface area contributed by atoms with Crippen molar-refractivity contribution < 1.29 is 21.6 Å². The van der Waals surface area contributed by atoms with Gasteiger partial charge in [0, 0.05) is 12.1 Å². The lowest BCUT2D eigenvalue weighted by Crippen LogP contribution is -2.43. The minimum atomic E-state index is -4.69. The predicted octanol–water partition coefficient (Wildman–Crippen LogP) is 2.21. The Kier molecular flexibility index (Phi) is 4.91. The smallest absolute Gasteiger partial charge is 0.326 e. The second kappa shape index (κ2) is 5.82. The Morgan fingerprint density at radius 2 is 1.76 bits per heavy atom. The standard InChI is InChI=1S/C12H18F3N3O2S/c1-11(2,3)18-21(19,20)17-10-5-4-8(7-16)6-9(10)12(13,14)15/h4-6,17-18H,7,16H2,1-3H3. The van der Waals surface area contributed by atoms with Crippen molar-refractivity contribution in [3.8, 4) is 0 Å². The summed E-state index contributed by atoms with van der Waals surface area (Å²) < 4.78 is 66.7. The van der Waals surface area contributed by atoms with Gasteiger partial charge in [0.05, 0.1) is 11.3 Å². The maximum Gasteiger partial charge on any atom is 0.418 e. The van der Waals surface area contributed by atoms with E-state index in [0.717, 1.165) is 12.1 Å². The maximum atomic E-state index is 13.0. The molecule has 0 amide bonds. The van der Waals surface area contributed by atoms with E-state index < -0.39 is 33.2 Å². The Bertz CT molecular complexity index is 607. The number of hydrogen-bond acceptors (Lipinski definition) is 3. The van der Waals surface area contributed by atoms with E-state index in [2.05, 4.69) is 4.72 Å². The van der Waals surface area contributed by atoms with E-state index in [-0.39, 0.29) is 12.1 Å². The second-order valence-electron chi connectivity index (χ2n) is 5.54. The molecule has 0 spiro atoms. The molecule has 5 nitrogen and oxygen atoms in total. The lowest BCUT2D eigenvalue weighted by Gasteiger charge is -2.22. The Balaban J connectivity index is 3.20. The minimum Gasteiger partial charge on any atom is -0.326 e. The van der Waals surface area contributed by atoms with Gasteiger partial charge < -0.3 is 5.73 Å². The van der Waals surface area contributed by atoms with Crippen molar-refractivity contribution in [2.75, 3.05) is 4.72 Å². The van der Waals surface area contributed by atoms with Crippen LogP contribution in [0.3, 0.4) is 0 Å². The number of benzene rings is 1. The molecule has 9 heteroatoms. The van der Waals surface area contributed by atoms with Crippen LogP contribution in [-0.4, -0.2) is 14.0 Å². The van der Waals surface area contributed by atoms with Gasteiger partial charge in [-0.05, 0) is 38.5 Å². The van der Waals surface area contributed by atoms with Crippen LogP contribution in [-0.2, 0) is 22.9 Å². The van der Waals surface area contributed by atoms with Crippen molar-refractivity contribution in [1.29, 1.82) is 0 Å². The monoisotopic (exact) mass is 325 g/mol. The minimum absolute atomic E-state index is 0.0731. The van der Waals surface area contributed by atoms with E-state index in [1.807, 2.05) is 4.72 Å². The molecule has 1 aromatic carbocycles. The summed E-state index contributed by atoms with van der Waals surface area (Å²) >= 11 is 0. The molecule has 0 saturated carbocycles. The normalized spacial score (nSPS) is 13.3. The van der Waals surface area contributed by atoms with Crippen LogP contribution in [0.2, 0.25) is 0 Å². The van der Waals surface area contributed by atoms with Gasteiger partial charge in [-0.2, -0.15) is 26.3 Å². The predicted molar refractivity (Wildman–Crippen MR) is 74.8 cm³/mol. The maximum absolute atomic E-state index is 13.0. The quantitative estimate of drug-likeness (QED) is 0.793. The molecular weight excluding hydrogens is 307 g/mol. The van der Waals surface area contributed by atoms with E-state index in [1.54, 1.807) is 20.8 Å². The largest absolute Gasteiger partial charge is 0.418 e. The Morgan fingerprint density at radius 3 is 2.19 bits per heavy atom. The molecule has 120 valence electrons. The number of rotatable bonds is 4. The van der Waals surface area contributed by atoms with Crippen LogP contribution in [0.15, 0.2) is 18.2 Å². The molecule has 0 atom stereocenters. The van der Waals surface area contributed by atoms with Gasteiger partial charge in [0.2, 0.25) is 0 Å². The molecule has 0 aliphatic rings. The number of halogens is 3. The van der Waals surface area contributed by atoms with Gasteiger partial charge in [0.15, 0.2) is 0 Å². The fourth-order valence-corrected chi connectivity index (χ4v) is 2.94. The van der Waals surface area contributed by atoms with Crippen LogP contribution in [0.5, 0.6) is 0 Å². The van der Waals surface area contributed by atoms with Gasteiger partial charge in [-0.25, -0.2) is 0 Å². The molecule has 0 heterocycles. The summed E-state index contributed by atoms with van der Waals surface area (Å²) in [4.78, 5) is 0. The Labute approximate surface area is 121 Å². The van der Waals surface area contributed by atoms with E-state index in [1.165, 1.54) is 6.07 Å². The Morgan fingerprint density at radius 1 is 1.19 bits per heavy atom. The van der Waals surface area contributed by atoms with E-state index in [0.29, 0.717) is 0 Å². The molecule has 0 aliphatic heterocycles. The van der Waals surface area contributed by atoms with Crippen molar-refractivity contribution in [1.82, 2.24) is 4.72 Å². The molecule has 1 rings (SSSR count). The SMILES string of the molecule is CC(C)(C)NS(=O)(=O)Nc1ccc(CN)cc1C(F)(F)F. The van der Waals surface area contributed by atoms with Gasteiger partial charge in [0.1, 0.15) is 0 Å². The number of hydrogen-bond donors (Lipinski definition) is 3. The number of nitrogens with two attached hydrogens (primary N) is 1. The summed E-state index contributed by atoms with van der Waals surface area (Å²) in [6.45, 7) is 4.66. The zero-order valence-electron chi connectivity index (χ0n) is 11.9. The van der Waals surface area contributed by atoms with Crippen LogP contribution in [0.25, 0.3) is 0 Å². The summed E-state index contributed by atoms with van der Waals surface area (Å²) in [5.41, 5.74) is 3.12. The van der Waals surface area contributed by atoms with E-state index in [4.69, 9.17) is 5.73 Å². The second-order valence-corrected chi connectivity index (χ2v) is 6.95. The molecule has 0 unspecified atom stereocenters. The topological polar surface area (TPSA) is 84.2 Å². The summed E-state index contributed by atoms with van der Waals surface area (Å²) in [7, 11) is -4.13. The lowest BCUT2D eigenvalue weighted by molar-refractivity contribution is -0.136. The van der Waals surface area contributed by atoms with Crippen LogP contribution < -0.4 is 15.2 Å². The molecule has 0 radical (unpaired) electrons. The van der Waals surface area contributed by atoms with Gasteiger partial charge in [-0.15, -0.1) is 0 Å². The van der Waals surface area contributed by atoms with Gasteiger partial charge >= 0.3 is 6.18 Å². The Hall–Kier alpha value is -1.32. The third-order valence-corrected chi connectivity index (χ3v) is 3.68. The number of alkyl halides is 3. The molecule has 1 aromatic rings. The van der Waals surface area contributed by atoms with Crippen molar-refractivity contribution in [2.24, 2.45) is 5.73 Å². The summed E-state index contributed by atoms with van der Waals surface area (Å²) in [5, 5.41) is 0. The summed E-state index contributed by atoms with van der Waals surface area (Å²) in [6, 6.07) is 3.21. The van der Waals surface area contributed by atoms with Crippen molar-refractivity contribution in [2.45, 2.75) is 39.0 Å². The molecule has 0 aromatic heterocycles. The van der Waals surface area contributed by atoms with E-state index in [9.17, 15) is 21.6 Å². The fraction of sp³-hybridized carbons (Fsp3) is 0.500. The van der Waals surface area contributed by atoms with Gasteiger partial charge in [-0.1, -0.05) is 6.07 Å². The zero-order valence-corrected chi connectivity index (χ0v) is 12.7. The molecule has 21 heavy (non-hydrogen) atoms. The third kappa shape index (κ3) is 5.52. The van der Waals surface area contributed by atoms with Crippen LogP contribution in [0.1, 0.15) is 31.9 Å². The molecule has 0 aliphatic carbocycles. The summed E-state index contributed by atoms with van der Waals surface area (Å²) in [5.74, 6) is 0. The zero-order chi connectivity index (χ0) is 16.5. The first kappa shape index (κ1) is 17.7. The average Bonchev–Trinajstić information content (AvgIpc) is 2.24. The van der Waals surface area contributed by atoms with Crippen LogP contribution >= 0.6 is 0 Å². The highest BCUT2D eigenvalue weighted by molar-refractivity contribution is 7.90. The first-order valence-electron chi connectivity index (χ1n) is 6.06. The number of nitrogens with one attached hydrogen (secondary N) is 2. The number of anilines is 1. The van der Waals surface area contributed by atoms with Crippen molar-refractivity contribution in [3.63, 3.8) is 0 Å². The molecular formula is C12H18F3N3O2S. The first-order valence-corrected chi connectivity index (χ1v) is 7.54. The van der Waals surface area contributed by atoms with Gasteiger partial charge in [0.25, 0.3) is 10.2 Å². The average molecular weight is 325 g/mol. The fourth-order valence-electron chi connectivity index (χ4n) is 1.62. The van der Waals surface area contributed by atoms with E-state index >= 15 is 0 Å². The molecule has 4 N–H and O–H groups in total. The van der Waals surface area contributed by atoms with Crippen LogP contribution in [0, 0.1) is 0 Å². The third-order valence-electron chi connectivity index (χ3n) is 2.31. The first-order chi connectivity index (χ1) is 9.34. The van der Waals surface area contributed by atoms with Crippen molar-refractivity contribution in [3.05, 3.63) is 29.3 Å². The van der Waals surface area contributed by atoms with Crippen molar-refractivity contribution >= 4 is 15.9 Å². The van der Waals surface area contributed by atoms with Gasteiger partial charge in [-0.3, -0.25) is 4.72 Å². The molecule has 0 fully saturated rings. The highest BCUT2D eigenvalue weighted by atomic mass is 32.2. The summed E-state index contributed by atoms with van der Waals surface area (Å²) in [6.07, 6.45) is -4.69.